The molecule has 0 N–H and O–H groups in total. The normalized spacial score (nSPS) is 16.7. The molecule has 1 atom stereocenters. The van der Waals surface area contributed by atoms with Gasteiger partial charge in [0.05, 0.1) is 22.9 Å². The molecule has 1 amide bonds. The third-order valence-corrected chi connectivity index (χ3v) is 6.41. The van der Waals surface area contributed by atoms with Gasteiger partial charge in [0.2, 0.25) is 0 Å². The highest BCUT2D eigenvalue weighted by Crippen LogP contribution is 2.32. The zero-order valence-corrected chi connectivity index (χ0v) is 17.1. The van der Waals surface area contributed by atoms with E-state index >= 15 is 0 Å². The number of carbonyl (C=O) groups excluding carboxylic acids is 1. The maximum Gasteiger partial charge on any atom is 0.295 e. The Morgan fingerprint density at radius 1 is 1.24 bits per heavy atom. The minimum absolute atomic E-state index is 0.0292. The molecule has 1 fully saturated rings. The molecule has 29 heavy (non-hydrogen) atoms. The second-order valence-electron chi connectivity index (χ2n) is 7.35. The Morgan fingerprint density at radius 2 is 2.14 bits per heavy atom. The first kappa shape index (κ1) is 18.3. The van der Waals surface area contributed by atoms with Gasteiger partial charge in [0.15, 0.2) is 10.9 Å². The van der Waals surface area contributed by atoms with Crippen LogP contribution in [0.25, 0.3) is 21.2 Å². The monoisotopic (exact) mass is 406 g/mol. The van der Waals surface area contributed by atoms with Gasteiger partial charge in [0.25, 0.3) is 5.91 Å². The molecule has 4 aromatic rings. The van der Waals surface area contributed by atoms with Crippen LogP contribution in [-0.4, -0.2) is 30.1 Å². The number of furan rings is 1. The van der Waals surface area contributed by atoms with Crippen molar-refractivity contribution < 1.29 is 13.9 Å². The molecule has 5 nitrogen and oxygen atoms in total. The first-order chi connectivity index (χ1) is 14.2. The van der Waals surface area contributed by atoms with E-state index in [0.717, 1.165) is 41.5 Å². The fourth-order valence-electron chi connectivity index (χ4n) is 3.75. The Balaban J connectivity index is 1.54. The van der Waals surface area contributed by atoms with Crippen molar-refractivity contribution in [3.8, 4) is 0 Å². The first-order valence-corrected chi connectivity index (χ1v) is 10.8. The number of nitrogens with zero attached hydrogens (tertiary/aromatic N) is 2. The van der Waals surface area contributed by atoms with Crippen molar-refractivity contribution in [1.82, 2.24) is 4.98 Å². The van der Waals surface area contributed by atoms with Gasteiger partial charge >= 0.3 is 0 Å². The number of rotatable bonds is 5. The molecule has 1 aliphatic heterocycles. The van der Waals surface area contributed by atoms with Gasteiger partial charge in [-0.25, -0.2) is 4.98 Å². The van der Waals surface area contributed by atoms with Crippen molar-refractivity contribution in [3.05, 3.63) is 59.9 Å². The number of benzene rings is 2. The van der Waals surface area contributed by atoms with Crippen molar-refractivity contribution in [2.24, 2.45) is 0 Å². The summed E-state index contributed by atoms with van der Waals surface area (Å²) in [5.74, 6) is 0.157. The second-order valence-corrected chi connectivity index (χ2v) is 8.36. The van der Waals surface area contributed by atoms with Gasteiger partial charge in [-0.3, -0.25) is 9.69 Å². The largest absolute Gasteiger partial charge is 0.451 e. The quantitative estimate of drug-likeness (QED) is 0.443. The number of aryl methyl sites for hydroxylation is 1. The Morgan fingerprint density at radius 3 is 2.93 bits per heavy atom. The van der Waals surface area contributed by atoms with Crippen LogP contribution in [0, 0.1) is 0 Å². The molecule has 5 rings (SSSR count). The lowest BCUT2D eigenvalue weighted by atomic mass is 10.2. The lowest BCUT2D eigenvalue weighted by molar-refractivity contribution is 0.0896. The zero-order chi connectivity index (χ0) is 19.8. The average Bonchev–Trinajstić information content (AvgIpc) is 3.49. The third-order valence-electron chi connectivity index (χ3n) is 5.37. The molecular formula is C23H22N2O3S. The maximum absolute atomic E-state index is 13.4. The summed E-state index contributed by atoms with van der Waals surface area (Å²) in [7, 11) is 0. The summed E-state index contributed by atoms with van der Waals surface area (Å²) in [5.41, 5.74) is 2.89. The second kappa shape index (κ2) is 7.61. The van der Waals surface area contributed by atoms with Crippen molar-refractivity contribution in [1.29, 1.82) is 0 Å². The Labute approximate surface area is 172 Å². The number of aromatic nitrogens is 1. The van der Waals surface area contributed by atoms with Crippen LogP contribution in [0.2, 0.25) is 0 Å². The standard InChI is InChI=1S/C23H22N2O3S/c1-2-15-9-10-18-21(12-15)29-23(24-18)25(14-17-7-5-11-27-17)22(26)20-13-16-6-3-4-8-19(16)28-20/h3-4,6,8-10,12-13,17H,2,5,7,11,14H2,1H3. The van der Waals surface area contributed by atoms with E-state index in [-0.39, 0.29) is 12.0 Å². The summed E-state index contributed by atoms with van der Waals surface area (Å²) in [6.07, 6.45) is 2.98. The third kappa shape index (κ3) is 3.54. The fraction of sp³-hybridized carbons (Fsp3) is 0.304. The summed E-state index contributed by atoms with van der Waals surface area (Å²) < 4.78 is 12.8. The van der Waals surface area contributed by atoms with E-state index in [2.05, 4.69) is 19.1 Å². The van der Waals surface area contributed by atoms with Crippen LogP contribution >= 0.6 is 11.3 Å². The molecule has 148 valence electrons. The molecule has 0 saturated carbocycles. The van der Waals surface area contributed by atoms with Crippen LogP contribution in [-0.2, 0) is 11.2 Å². The van der Waals surface area contributed by atoms with Crippen LogP contribution in [0.3, 0.4) is 0 Å². The average molecular weight is 407 g/mol. The summed E-state index contributed by atoms with van der Waals surface area (Å²) in [6, 6.07) is 15.8. The Hall–Kier alpha value is -2.70. The highest BCUT2D eigenvalue weighted by Gasteiger charge is 2.29. The van der Waals surface area contributed by atoms with Gasteiger partial charge in [0.1, 0.15) is 5.58 Å². The smallest absolute Gasteiger partial charge is 0.295 e. The summed E-state index contributed by atoms with van der Waals surface area (Å²) in [4.78, 5) is 19.9. The summed E-state index contributed by atoms with van der Waals surface area (Å²) in [6.45, 7) is 3.37. The van der Waals surface area contributed by atoms with Crippen LogP contribution in [0.15, 0.2) is 52.9 Å². The van der Waals surface area contributed by atoms with Crippen molar-refractivity contribution >= 4 is 43.6 Å². The number of carbonyl (C=O) groups is 1. The van der Waals surface area contributed by atoms with Crippen molar-refractivity contribution in [3.63, 3.8) is 0 Å². The number of hydrogen-bond acceptors (Lipinski definition) is 5. The molecule has 1 unspecified atom stereocenters. The molecule has 0 aliphatic carbocycles. The van der Waals surface area contributed by atoms with E-state index in [0.29, 0.717) is 23.0 Å². The molecule has 0 radical (unpaired) electrons. The van der Waals surface area contributed by atoms with Gasteiger partial charge in [-0.1, -0.05) is 42.5 Å². The molecule has 1 aliphatic rings. The first-order valence-electron chi connectivity index (χ1n) is 10.0. The number of anilines is 1. The molecule has 6 heteroatoms. The van der Waals surface area contributed by atoms with Crippen molar-refractivity contribution in [2.75, 3.05) is 18.1 Å². The molecule has 1 saturated heterocycles. The van der Waals surface area contributed by atoms with E-state index in [1.54, 1.807) is 16.2 Å². The Bertz CT molecular complexity index is 1140. The lowest BCUT2D eigenvalue weighted by Gasteiger charge is -2.22. The number of hydrogen-bond donors (Lipinski definition) is 0. The van der Waals surface area contributed by atoms with E-state index < -0.39 is 0 Å². The molecule has 0 spiro atoms. The summed E-state index contributed by atoms with van der Waals surface area (Å²) >= 11 is 1.54. The summed E-state index contributed by atoms with van der Waals surface area (Å²) in [5, 5.41) is 1.61. The number of fused-ring (bicyclic) bond motifs is 2. The molecule has 2 aromatic heterocycles. The van der Waals surface area contributed by atoms with E-state index in [1.165, 1.54) is 5.56 Å². The minimum Gasteiger partial charge on any atom is -0.451 e. The van der Waals surface area contributed by atoms with Crippen LogP contribution in [0.1, 0.15) is 35.9 Å². The van der Waals surface area contributed by atoms with Crippen LogP contribution < -0.4 is 4.90 Å². The number of amides is 1. The van der Waals surface area contributed by atoms with Gasteiger partial charge in [-0.15, -0.1) is 0 Å². The van der Waals surface area contributed by atoms with Crippen molar-refractivity contribution in [2.45, 2.75) is 32.3 Å². The molecular weight excluding hydrogens is 384 g/mol. The lowest BCUT2D eigenvalue weighted by Crippen LogP contribution is -2.37. The van der Waals surface area contributed by atoms with Crippen LogP contribution in [0.5, 0.6) is 0 Å². The topological polar surface area (TPSA) is 55.6 Å². The predicted molar refractivity (Wildman–Crippen MR) is 116 cm³/mol. The molecule has 3 heterocycles. The SMILES string of the molecule is CCc1ccc2nc(N(CC3CCCO3)C(=O)c3cc4ccccc4o3)sc2c1. The molecule has 2 aromatic carbocycles. The zero-order valence-electron chi connectivity index (χ0n) is 16.3. The fourth-order valence-corrected chi connectivity index (χ4v) is 4.79. The van der Waals surface area contributed by atoms with E-state index in [9.17, 15) is 4.79 Å². The molecule has 0 bridgehead atoms. The highest BCUT2D eigenvalue weighted by molar-refractivity contribution is 7.22. The van der Waals surface area contributed by atoms with Crippen LogP contribution in [0.4, 0.5) is 5.13 Å². The van der Waals surface area contributed by atoms with Gasteiger partial charge in [0, 0.05) is 12.0 Å². The Kier molecular flexibility index (Phi) is 4.81. The number of thiazole rings is 1. The van der Waals surface area contributed by atoms with Gasteiger partial charge in [-0.05, 0) is 49.1 Å². The predicted octanol–water partition coefficient (Wildman–Crippen LogP) is 5.43. The van der Waals surface area contributed by atoms with E-state index in [1.807, 2.05) is 36.4 Å². The van der Waals surface area contributed by atoms with Gasteiger partial charge in [-0.2, -0.15) is 0 Å². The minimum atomic E-state index is -0.175. The highest BCUT2D eigenvalue weighted by atomic mass is 32.1. The maximum atomic E-state index is 13.4. The van der Waals surface area contributed by atoms with E-state index in [4.69, 9.17) is 14.1 Å². The van der Waals surface area contributed by atoms with Gasteiger partial charge < -0.3 is 9.15 Å². The number of ether oxygens (including phenoxy) is 1. The number of para-hydroxylation sites is 1.